The van der Waals surface area contributed by atoms with E-state index in [0.717, 1.165) is 24.8 Å². The molecule has 2 aromatic rings. The summed E-state index contributed by atoms with van der Waals surface area (Å²) in [5.41, 5.74) is 2.30. The highest BCUT2D eigenvalue weighted by Crippen LogP contribution is 2.14. The Morgan fingerprint density at radius 1 is 1.13 bits per heavy atom. The number of aliphatic hydroxyl groups excluding tert-OH is 1. The molecule has 78 valence electrons. The zero-order chi connectivity index (χ0) is 10.5. The van der Waals surface area contributed by atoms with Gasteiger partial charge >= 0.3 is 0 Å². The molecule has 0 amide bonds. The molecule has 0 radical (unpaired) electrons. The van der Waals surface area contributed by atoms with Gasteiger partial charge in [-0.2, -0.15) is 0 Å². The van der Waals surface area contributed by atoms with Crippen LogP contribution in [0.1, 0.15) is 18.4 Å². The van der Waals surface area contributed by atoms with Crippen LogP contribution in [0.3, 0.4) is 0 Å². The maximum Gasteiger partial charge on any atom is 0.0702 e. The average Bonchev–Trinajstić information content (AvgIpc) is 2.29. The van der Waals surface area contributed by atoms with Gasteiger partial charge in [-0.1, -0.05) is 18.2 Å². The number of rotatable bonds is 4. The lowest BCUT2D eigenvalue weighted by Gasteiger charge is -2.02. The molecule has 0 fully saturated rings. The number of aryl methyl sites for hydroxylation is 1. The molecule has 2 rings (SSSR count). The molecule has 2 nitrogen and oxygen atoms in total. The van der Waals surface area contributed by atoms with Crippen molar-refractivity contribution in [1.82, 2.24) is 4.98 Å². The third-order valence-electron chi connectivity index (χ3n) is 2.52. The average molecular weight is 201 g/mol. The fraction of sp³-hybridized carbons (Fsp3) is 0.308. The Kier molecular flexibility index (Phi) is 3.30. The number of aliphatic hydroxyl groups is 1. The number of benzene rings is 1. The van der Waals surface area contributed by atoms with Crippen LogP contribution >= 0.6 is 0 Å². The van der Waals surface area contributed by atoms with Gasteiger partial charge in [-0.15, -0.1) is 0 Å². The molecule has 1 aromatic carbocycles. The van der Waals surface area contributed by atoms with Crippen molar-refractivity contribution < 1.29 is 5.11 Å². The van der Waals surface area contributed by atoms with Crippen molar-refractivity contribution in [3.05, 3.63) is 42.1 Å². The molecule has 0 unspecified atom stereocenters. The number of aromatic nitrogens is 1. The normalized spacial score (nSPS) is 10.7. The van der Waals surface area contributed by atoms with Crippen molar-refractivity contribution in [3.8, 4) is 0 Å². The van der Waals surface area contributed by atoms with E-state index in [-0.39, 0.29) is 6.61 Å². The Morgan fingerprint density at radius 2 is 2.00 bits per heavy atom. The molecule has 1 N–H and O–H groups in total. The summed E-state index contributed by atoms with van der Waals surface area (Å²) in [6, 6.07) is 10.3. The third-order valence-corrected chi connectivity index (χ3v) is 2.52. The molecule has 2 heteroatoms. The number of hydrogen-bond donors (Lipinski definition) is 1. The maximum atomic E-state index is 8.70. The highest BCUT2D eigenvalue weighted by molar-refractivity contribution is 5.78. The summed E-state index contributed by atoms with van der Waals surface area (Å²) in [6.07, 6.45) is 4.82. The molecule has 0 spiro atoms. The van der Waals surface area contributed by atoms with Crippen molar-refractivity contribution in [1.29, 1.82) is 0 Å². The van der Waals surface area contributed by atoms with E-state index in [0.29, 0.717) is 0 Å². The summed E-state index contributed by atoms with van der Waals surface area (Å²) in [6.45, 7) is 0.279. The van der Waals surface area contributed by atoms with Crippen LogP contribution in [0.5, 0.6) is 0 Å². The zero-order valence-corrected chi connectivity index (χ0v) is 8.69. The minimum absolute atomic E-state index is 0.279. The SMILES string of the molecule is OCCCCc1cnc2ccccc2c1. The largest absolute Gasteiger partial charge is 0.396 e. The van der Waals surface area contributed by atoms with Crippen molar-refractivity contribution in [2.45, 2.75) is 19.3 Å². The summed E-state index contributed by atoms with van der Waals surface area (Å²) in [7, 11) is 0. The number of nitrogens with zero attached hydrogens (tertiary/aromatic N) is 1. The first-order chi connectivity index (χ1) is 7.40. The second kappa shape index (κ2) is 4.89. The van der Waals surface area contributed by atoms with Gasteiger partial charge in [0.1, 0.15) is 0 Å². The molecular weight excluding hydrogens is 186 g/mol. The lowest BCUT2D eigenvalue weighted by molar-refractivity contribution is 0.284. The molecule has 0 bridgehead atoms. The second-order valence-electron chi connectivity index (χ2n) is 3.72. The van der Waals surface area contributed by atoms with Gasteiger partial charge in [0.05, 0.1) is 5.52 Å². The van der Waals surface area contributed by atoms with E-state index in [1.165, 1.54) is 10.9 Å². The molecule has 0 atom stereocenters. The van der Waals surface area contributed by atoms with Gasteiger partial charge in [0.2, 0.25) is 0 Å². The van der Waals surface area contributed by atoms with Crippen LogP contribution in [0, 0.1) is 0 Å². The van der Waals surface area contributed by atoms with Crippen LogP contribution in [-0.2, 0) is 6.42 Å². The standard InChI is InChI=1S/C13H15NO/c15-8-4-3-5-11-9-12-6-1-2-7-13(12)14-10-11/h1-2,6-7,9-10,15H,3-5,8H2. The van der Waals surface area contributed by atoms with Crippen LogP contribution in [0.4, 0.5) is 0 Å². The van der Waals surface area contributed by atoms with Crippen LogP contribution in [-0.4, -0.2) is 16.7 Å². The van der Waals surface area contributed by atoms with E-state index >= 15 is 0 Å². The quantitative estimate of drug-likeness (QED) is 0.771. The maximum absolute atomic E-state index is 8.70. The topological polar surface area (TPSA) is 33.1 Å². The first-order valence-electron chi connectivity index (χ1n) is 5.34. The van der Waals surface area contributed by atoms with E-state index in [1.807, 2.05) is 24.4 Å². The Hall–Kier alpha value is -1.41. The summed E-state index contributed by atoms with van der Waals surface area (Å²) < 4.78 is 0. The van der Waals surface area contributed by atoms with Gasteiger partial charge in [0.15, 0.2) is 0 Å². The first kappa shape index (κ1) is 10.1. The van der Waals surface area contributed by atoms with E-state index < -0.39 is 0 Å². The van der Waals surface area contributed by atoms with Gasteiger partial charge in [-0.25, -0.2) is 0 Å². The molecule has 15 heavy (non-hydrogen) atoms. The smallest absolute Gasteiger partial charge is 0.0702 e. The minimum atomic E-state index is 0.279. The fourth-order valence-corrected chi connectivity index (χ4v) is 1.69. The molecule has 1 heterocycles. The number of hydrogen-bond acceptors (Lipinski definition) is 2. The third kappa shape index (κ3) is 2.54. The zero-order valence-electron chi connectivity index (χ0n) is 8.69. The van der Waals surface area contributed by atoms with Gasteiger partial charge in [0.25, 0.3) is 0 Å². The fourth-order valence-electron chi connectivity index (χ4n) is 1.69. The number of para-hydroxylation sites is 1. The Labute approximate surface area is 89.6 Å². The molecule has 0 aliphatic rings. The van der Waals surface area contributed by atoms with Crippen molar-refractivity contribution in [2.24, 2.45) is 0 Å². The number of unbranched alkanes of at least 4 members (excludes halogenated alkanes) is 1. The summed E-state index contributed by atoms with van der Waals surface area (Å²) in [4.78, 5) is 4.40. The molecule has 0 aliphatic carbocycles. The van der Waals surface area contributed by atoms with Crippen LogP contribution < -0.4 is 0 Å². The highest BCUT2D eigenvalue weighted by atomic mass is 16.2. The van der Waals surface area contributed by atoms with Crippen LogP contribution in [0.25, 0.3) is 10.9 Å². The van der Waals surface area contributed by atoms with Crippen LogP contribution in [0.15, 0.2) is 36.5 Å². The molecule has 0 aliphatic heterocycles. The predicted octanol–water partition coefficient (Wildman–Crippen LogP) is 2.55. The lowest BCUT2D eigenvalue weighted by atomic mass is 10.1. The lowest BCUT2D eigenvalue weighted by Crippen LogP contribution is -1.90. The Balaban J connectivity index is 2.16. The molecule has 1 aromatic heterocycles. The number of fused-ring (bicyclic) bond motifs is 1. The van der Waals surface area contributed by atoms with Gasteiger partial charge in [-0.3, -0.25) is 4.98 Å². The molecule has 0 saturated heterocycles. The number of pyridine rings is 1. The van der Waals surface area contributed by atoms with Crippen molar-refractivity contribution in [3.63, 3.8) is 0 Å². The van der Waals surface area contributed by atoms with Crippen molar-refractivity contribution in [2.75, 3.05) is 6.61 Å². The van der Waals surface area contributed by atoms with E-state index in [1.54, 1.807) is 0 Å². The van der Waals surface area contributed by atoms with E-state index in [4.69, 9.17) is 5.11 Å². The Bertz CT molecular complexity index is 439. The summed E-state index contributed by atoms with van der Waals surface area (Å²) in [5.74, 6) is 0. The predicted molar refractivity (Wildman–Crippen MR) is 61.8 cm³/mol. The van der Waals surface area contributed by atoms with Crippen molar-refractivity contribution >= 4 is 10.9 Å². The molecular formula is C13H15NO. The van der Waals surface area contributed by atoms with Gasteiger partial charge in [0, 0.05) is 18.2 Å². The van der Waals surface area contributed by atoms with E-state index in [9.17, 15) is 0 Å². The van der Waals surface area contributed by atoms with Crippen LogP contribution in [0.2, 0.25) is 0 Å². The highest BCUT2D eigenvalue weighted by Gasteiger charge is 1.97. The Morgan fingerprint density at radius 3 is 2.87 bits per heavy atom. The van der Waals surface area contributed by atoms with E-state index in [2.05, 4.69) is 17.1 Å². The minimum Gasteiger partial charge on any atom is -0.396 e. The summed E-state index contributed by atoms with van der Waals surface area (Å²) >= 11 is 0. The second-order valence-corrected chi connectivity index (χ2v) is 3.72. The monoisotopic (exact) mass is 201 g/mol. The molecule has 0 saturated carbocycles. The van der Waals surface area contributed by atoms with Gasteiger partial charge < -0.3 is 5.11 Å². The van der Waals surface area contributed by atoms with Gasteiger partial charge in [-0.05, 0) is 37.0 Å². The summed E-state index contributed by atoms with van der Waals surface area (Å²) in [5, 5.41) is 9.89. The first-order valence-corrected chi connectivity index (χ1v) is 5.34.